The van der Waals surface area contributed by atoms with Crippen LogP contribution in [0.3, 0.4) is 0 Å². The predicted molar refractivity (Wildman–Crippen MR) is 132 cm³/mol. The van der Waals surface area contributed by atoms with E-state index < -0.39 is 42.3 Å². The molecule has 202 valence electrons. The fraction of sp³-hybridized carbons (Fsp3) is 0.615. The van der Waals surface area contributed by atoms with Crippen LogP contribution in [0.15, 0.2) is 18.2 Å². The third-order valence-corrected chi connectivity index (χ3v) is 5.19. The Kier molecular flexibility index (Phi) is 14.2. The molecule has 0 aliphatic carbocycles. The highest BCUT2D eigenvalue weighted by molar-refractivity contribution is 5.77. The second-order valence-corrected chi connectivity index (χ2v) is 8.39. The average Bonchev–Trinajstić information content (AvgIpc) is 2.82. The number of unbranched alkanes of at least 4 members (excludes halogenated alkanes) is 2. The van der Waals surface area contributed by atoms with Gasteiger partial charge >= 0.3 is 24.1 Å². The van der Waals surface area contributed by atoms with Gasteiger partial charge in [0, 0.05) is 12.8 Å². The summed E-state index contributed by atoms with van der Waals surface area (Å²) in [5.74, 6) is -1.36. The SMILES string of the molecule is CCCCC(=O)Oc1ccc(C[C@H](N)C(=O)O[C@@H](C)[C@H](C)OC(=O)OCC)cc1OC(=O)CCCC. The lowest BCUT2D eigenvalue weighted by atomic mass is 10.1. The molecule has 1 rings (SSSR count). The zero-order valence-electron chi connectivity index (χ0n) is 21.9. The molecule has 0 radical (unpaired) electrons. The fourth-order valence-corrected chi connectivity index (χ4v) is 2.94. The molecule has 0 aromatic heterocycles. The standard InChI is InChI=1S/C26H39NO9/c1-6-9-11-23(28)35-21-14-13-19(16-22(21)36-24(29)12-10-7-2)15-20(27)25(30)33-17(4)18(5)34-26(31)32-8-3/h13-14,16-18,20H,6-12,15,27H2,1-5H3/t17-,18-,20-/m0/s1. The van der Waals surface area contributed by atoms with E-state index in [1.165, 1.54) is 12.1 Å². The lowest BCUT2D eigenvalue weighted by Gasteiger charge is -2.22. The maximum absolute atomic E-state index is 12.5. The third kappa shape index (κ3) is 11.5. The molecule has 36 heavy (non-hydrogen) atoms. The first kappa shape index (κ1) is 30.9. The molecule has 0 aliphatic heterocycles. The molecular formula is C26H39NO9. The second kappa shape index (κ2) is 16.5. The van der Waals surface area contributed by atoms with Crippen molar-refractivity contribution in [1.82, 2.24) is 0 Å². The zero-order chi connectivity index (χ0) is 27.1. The highest BCUT2D eigenvalue weighted by Crippen LogP contribution is 2.30. The predicted octanol–water partition coefficient (Wildman–Crippen LogP) is 4.24. The van der Waals surface area contributed by atoms with Gasteiger partial charge in [-0.2, -0.15) is 0 Å². The quantitative estimate of drug-likeness (QED) is 0.269. The van der Waals surface area contributed by atoms with Gasteiger partial charge in [0.2, 0.25) is 0 Å². The number of carbonyl (C=O) groups is 4. The summed E-state index contributed by atoms with van der Waals surface area (Å²) >= 11 is 0. The van der Waals surface area contributed by atoms with Gasteiger partial charge < -0.3 is 29.4 Å². The van der Waals surface area contributed by atoms with Crippen LogP contribution in [0.25, 0.3) is 0 Å². The summed E-state index contributed by atoms with van der Waals surface area (Å²) in [5.41, 5.74) is 6.62. The number of hydrogen-bond acceptors (Lipinski definition) is 10. The van der Waals surface area contributed by atoms with E-state index in [0.29, 0.717) is 18.4 Å². The minimum atomic E-state index is -1.04. The van der Waals surface area contributed by atoms with Gasteiger partial charge in [-0.3, -0.25) is 14.4 Å². The molecule has 0 saturated heterocycles. The molecule has 0 bridgehead atoms. The van der Waals surface area contributed by atoms with Gasteiger partial charge in [-0.1, -0.05) is 32.8 Å². The molecule has 1 aromatic carbocycles. The average molecular weight is 510 g/mol. The molecule has 0 spiro atoms. The van der Waals surface area contributed by atoms with Crippen molar-refractivity contribution in [2.75, 3.05) is 6.61 Å². The first-order valence-corrected chi connectivity index (χ1v) is 12.4. The lowest BCUT2D eigenvalue weighted by Crippen LogP contribution is -2.39. The molecule has 0 fully saturated rings. The molecule has 0 aliphatic rings. The van der Waals surface area contributed by atoms with Crippen LogP contribution in [0.5, 0.6) is 11.5 Å². The Morgan fingerprint density at radius 3 is 1.94 bits per heavy atom. The summed E-state index contributed by atoms with van der Waals surface area (Å²) in [6.45, 7) is 8.88. The number of esters is 3. The number of benzene rings is 1. The molecule has 2 N–H and O–H groups in total. The Morgan fingerprint density at radius 2 is 1.39 bits per heavy atom. The summed E-state index contributed by atoms with van der Waals surface area (Å²) in [7, 11) is 0. The Labute approximate surface area is 212 Å². The van der Waals surface area contributed by atoms with Crippen molar-refractivity contribution in [3.05, 3.63) is 23.8 Å². The van der Waals surface area contributed by atoms with Crippen LogP contribution in [0.4, 0.5) is 4.79 Å². The Balaban J connectivity index is 2.89. The smallest absolute Gasteiger partial charge is 0.458 e. The third-order valence-electron chi connectivity index (χ3n) is 5.19. The Hall–Kier alpha value is -3.14. The largest absolute Gasteiger partial charge is 0.508 e. The molecule has 3 atom stereocenters. The number of rotatable bonds is 15. The molecule has 0 heterocycles. The Morgan fingerprint density at radius 1 is 0.833 bits per heavy atom. The Bertz CT molecular complexity index is 871. The molecular weight excluding hydrogens is 470 g/mol. The van der Waals surface area contributed by atoms with Crippen molar-refractivity contribution in [3.63, 3.8) is 0 Å². The molecule has 10 heteroatoms. The van der Waals surface area contributed by atoms with Crippen molar-refractivity contribution in [3.8, 4) is 11.5 Å². The highest BCUT2D eigenvalue weighted by atomic mass is 16.7. The summed E-state index contributed by atoms with van der Waals surface area (Å²) in [6, 6.07) is 3.63. The van der Waals surface area contributed by atoms with Crippen LogP contribution < -0.4 is 15.2 Å². The van der Waals surface area contributed by atoms with Crippen LogP contribution in [0.1, 0.15) is 78.7 Å². The van der Waals surface area contributed by atoms with Gasteiger partial charge in [0.25, 0.3) is 0 Å². The summed E-state index contributed by atoms with van der Waals surface area (Å²) < 4.78 is 25.9. The van der Waals surface area contributed by atoms with E-state index in [2.05, 4.69) is 0 Å². The van der Waals surface area contributed by atoms with Gasteiger partial charge in [0.1, 0.15) is 18.2 Å². The van der Waals surface area contributed by atoms with Gasteiger partial charge in [-0.05, 0) is 57.7 Å². The van der Waals surface area contributed by atoms with Gasteiger partial charge in [0.15, 0.2) is 11.5 Å². The van der Waals surface area contributed by atoms with E-state index in [1.54, 1.807) is 26.8 Å². The van der Waals surface area contributed by atoms with Crippen molar-refractivity contribution in [2.45, 2.75) is 97.8 Å². The van der Waals surface area contributed by atoms with Gasteiger partial charge in [-0.25, -0.2) is 4.79 Å². The molecule has 10 nitrogen and oxygen atoms in total. The fourth-order valence-electron chi connectivity index (χ4n) is 2.94. The normalized spacial score (nSPS) is 13.2. The zero-order valence-corrected chi connectivity index (χ0v) is 21.9. The van der Waals surface area contributed by atoms with E-state index in [0.717, 1.165) is 12.8 Å². The molecule has 1 aromatic rings. The summed E-state index contributed by atoms with van der Waals surface area (Å²) in [6.07, 6.45) is 1.20. The second-order valence-electron chi connectivity index (χ2n) is 8.39. The molecule has 0 amide bonds. The van der Waals surface area contributed by atoms with Gasteiger partial charge in [0.05, 0.1) is 6.61 Å². The maximum atomic E-state index is 12.5. The van der Waals surface area contributed by atoms with Crippen molar-refractivity contribution >= 4 is 24.1 Å². The van der Waals surface area contributed by atoms with Crippen molar-refractivity contribution < 1.29 is 42.9 Å². The van der Waals surface area contributed by atoms with Crippen LogP contribution in [0.2, 0.25) is 0 Å². The van der Waals surface area contributed by atoms with E-state index in [4.69, 9.17) is 29.4 Å². The minimum Gasteiger partial charge on any atom is -0.458 e. The van der Waals surface area contributed by atoms with E-state index in [1.807, 2.05) is 13.8 Å². The van der Waals surface area contributed by atoms with Crippen molar-refractivity contribution in [2.24, 2.45) is 5.73 Å². The van der Waals surface area contributed by atoms with Crippen molar-refractivity contribution in [1.29, 1.82) is 0 Å². The minimum absolute atomic E-state index is 0.0717. The number of ether oxygens (including phenoxy) is 5. The van der Waals surface area contributed by atoms with E-state index in [-0.39, 0.29) is 37.4 Å². The van der Waals surface area contributed by atoms with Gasteiger partial charge in [-0.15, -0.1) is 0 Å². The van der Waals surface area contributed by atoms with Crippen LogP contribution in [-0.4, -0.2) is 48.9 Å². The topological polar surface area (TPSA) is 140 Å². The first-order chi connectivity index (χ1) is 17.1. The number of hydrogen-bond donors (Lipinski definition) is 1. The first-order valence-electron chi connectivity index (χ1n) is 12.4. The lowest BCUT2D eigenvalue weighted by molar-refractivity contribution is -0.155. The monoisotopic (exact) mass is 509 g/mol. The summed E-state index contributed by atoms with van der Waals surface area (Å²) in [5, 5.41) is 0. The molecule has 0 unspecified atom stereocenters. The summed E-state index contributed by atoms with van der Waals surface area (Å²) in [4.78, 5) is 48.3. The van der Waals surface area contributed by atoms with Crippen LogP contribution >= 0.6 is 0 Å². The highest BCUT2D eigenvalue weighted by Gasteiger charge is 2.25. The maximum Gasteiger partial charge on any atom is 0.508 e. The van der Waals surface area contributed by atoms with E-state index in [9.17, 15) is 19.2 Å². The van der Waals surface area contributed by atoms with E-state index >= 15 is 0 Å². The number of carbonyl (C=O) groups excluding carboxylic acids is 4. The van der Waals surface area contributed by atoms with Crippen LogP contribution in [-0.2, 0) is 35.0 Å². The molecule has 0 saturated carbocycles. The van der Waals surface area contributed by atoms with Crippen LogP contribution in [0, 0.1) is 0 Å². The number of nitrogens with two attached hydrogens (primary N) is 1.